The van der Waals surface area contributed by atoms with Crippen LogP contribution in [0.3, 0.4) is 0 Å². The van der Waals surface area contributed by atoms with Crippen molar-refractivity contribution < 1.29 is 24.2 Å². The van der Waals surface area contributed by atoms with Crippen LogP contribution in [-0.2, 0) is 21.4 Å². The van der Waals surface area contributed by atoms with E-state index < -0.39 is 11.4 Å². The predicted octanol–water partition coefficient (Wildman–Crippen LogP) is 3.65. The second kappa shape index (κ2) is 7.48. The molecule has 6 nitrogen and oxygen atoms in total. The van der Waals surface area contributed by atoms with Gasteiger partial charge in [0.1, 0.15) is 13.2 Å². The first kappa shape index (κ1) is 19.0. The molecule has 0 spiro atoms. The number of halogens is 1. The van der Waals surface area contributed by atoms with Crippen LogP contribution in [0.2, 0.25) is 5.02 Å². The van der Waals surface area contributed by atoms with Gasteiger partial charge in [0.2, 0.25) is 5.91 Å². The quantitative estimate of drug-likeness (QED) is 0.815. The summed E-state index contributed by atoms with van der Waals surface area (Å²) in [5.41, 5.74) is 0.968. The number of carbonyl (C=O) groups excluding carboxylic acids is 1. The lowest BCUT2D eigenvalue weighted by Gasteiger charge is -2.20. The number of fused-ring (bicyclic) bond motifs is 1. The summed E-state index contributed by atoms with van der Waals surface area (Å²) in [6, 6.07) is 10.2. The molecule has 0 bridgehead atoms. The maximum atomic E-state index is 12.3. The molecule has 0 atom stereocenters. The van der Waals surface area contributed by atoms with Crippen molar-refractivity contribution in [2.45, 2.75) is 25.7 Å². The molecule has 0 fully saturated rings. The van der Waals surface area contributed by atoms with E-state index >= 15 is 0 Å². The average Bonchev–Trinajstić information content (AvgIpc) is 2.62. The molecular weight excluding hydrogens is 370 g/mol. The zero-order valence-corrected chi connectivity index (χ0v) is 15.8. The molecule has 3 rings (SSSR count). The number of rotatable bonds is 5. The summed E-state index contributed by atoms with van der Waals surface area (Å²) in [5, 5.41) is 12.5. The van der Waals surface area contributed by atoms with Gasteiger partial charge < -0.3 is 19.9 Å². The monoisotopic (exact) mass is 389 g/mol. The maximum Gasteiger partial charge on any atom is 0.313 e. The van der Waals surface area contributed by atoms with Gasteiger partial charge in [0, 0.05) is 5.69 Å². The SMILES string of the molecule is CC(C)(C(=O)O)c1ccc(NC(=O)Cc2cc(Cl)c3c(c2)OCCO3)cc1. The Morgan fingerprint density at radius 1 is 1.15 bits per heavy atom. The topological polar surface area (TPSA) is 84.9 Å². The lowest BCUT2D eigenvalue weighted by atomic mass is 9.85. The number of nitrogens with one attached hydrogen (secondary N) is 1. The van der Waals surface area contributed by atoms with Crippen molar-refractivity contribution in [2.75, 3.05) is 18.5 Å². The van der Waals surface area contributed by atoms with Crippen LogP contribution >= 0.6 is 11.6 Å². The Balaban J connectivity index is 1.68. The fraction of sp³-hybridized carbons (Fsp3) is 0.300. The number of aliphatic carboxylic acids is 1. The Labute approximate surface area is 162 Å². The first-order chi connectivity index (χ1) is 12.8. The van der Waals surface area contributed by atoms with Crippen LogP contribution < -0.4 is 14.8 Å². The van der Waals surface area contributed by atoms with E-state index in [-0.39, 0.29) is 12.3 Å². The van der Waals surface area contributed by atoms with E-state index in [4.69, 9.17) is 21.1 Å². The Morgan fingerprint density at radius 2 is 1.81 bits per heavy atom. The fourth-order valence-electron chi connectivity index (χ4n) is 2.75. The van der Waals surface area contributed by atoms with E-state index in [9.17, 15) is 14.7 Å². The van der Waals surface area contributed by atoms with Crippen molar-refractivity contribution in [1.29, 1.82) is 0 Å². The summed E-state index contributed by atoms with van der Waals surface area (Å²) in [6.07, 6.45) is 0.124. The molecular formula is C20H20ClNO5. The molecule has 2 N–H and O–H groups in total. The smallest absolute Gasteiger partial charge is 0.313 e. The highest BCUT2D eigenvalue weighted by Gasteiger charge is 2.29. The number of anilines is 1. The van der Waals surface area contributed by atoms with Gasteiger partial charge in [-0.3, -0.25) is 9.59 Å². The molecule has 1 aliphatic heterocycles. The van der Waals surface area contributed by atoms with Crippen molar-refractivity contribution in [1.82, 2.24) is 0 Å². The Morgan fingerprint density at radius 3 is 2.48 bits per heavy atom. The maximum absolute atomic E-state index is 12.3. The molecule has 0 aromatic heterocycles. The molecule has 7 heteroatoms. The molecule has 0 radical (unpaired) electrons. The van der Waals surface area contributed by atoms with Crippen molar-refractivity contribution in [3.63, 3.8) is 0 Å². The molecule has 1 heterocycles. The van der Waals surface area contributed by atoms with Crippen LogP contribution in [0.5, 0.6) is 11.5 Å². The van der Waals surface area contributed by atoms with E-state index in [2.05, 4.69) is 5.32 Å². The molecule has 2 aromatic carbocycles. The number of benzene rings is 2. The number of hydrogen-bond acceptors (Lipinski definition) is 4. The van der Waals surface area contributed by atoms with Crippen LogP contribution in [0, 0.1) is 0 Å². The van der Waals surface area contributed by atoms with Gasteiger partial charge in [-0.15, -0.1) is 0 Å². The normalized spacial score (nSPS) is 13.1. The Hall–Kier alpha value is -2.73. The first-order valence-electron chi connectivity index (χ1n) is 8.49. The number of amides is 1. The van der Waals surface area contributed by atoms with Crippen molar-refractivity contribution >= 4 is 29.2 Å². The molecule has 2 aromatic rings. The van der Waals surface area contributed by atoms with Gasteiger partial charge in [-0.1, -0.05) is 23.7 Å². The summed E-state index contributed by atoms with van der Waals surface area (Å²) in [6.45, 7) is 4.16. The highest BCUT2D eigenvalue weighted by molar-refractivity contribution is 6.32. The standard InChI is InChI=1S/C20H20ClNO5/c1-20(2,19(24)25)13-3-5-14(6-4-13)22-17(23)11-12-9-15(21)18-16(10-12)26-7-8-27-18/h3-6,9-10H,7-8,11H2,1-2H3,(H,22,23)(H,24,25). The van der Waals surface area contributed by atoms with Crippen LogP contribution in [-0.4, -0.2) is 30.2 Å². The third kappa shape index (κ3) is 4.17. The van der Waals surface area contributed by atoms with Crippen LogP contribution in [0.25, 0.3) is 0 Å². The van der Waals surface area contributed by atoms with Crippen molar-refractivity contribution in [3.05, 3.63) is 52.5 Å². The number of carboxylic acids is 1. The third-order valence-electron chi connectivity index (χ3n) is 4.45. The number of carboxylic acid groups (broad SMARTS) is 1. The van der Waals surface area contributed by atoms with Gasteiger partial charge >= 0.3 is 5.97 Å². The van der Waals surface area contributed by atoms with Gasteiger partial charge in [-0.25, -0.2) is 0 Å². The predicted molar refractivity (Wildman–Crippen MR) is 102 cm³/mol. The first-order valence-corrected chi connectivity index (χ1v) is 8.87. The van der Waals surface area contributed by atoms with E-state index in [0.29, 0.717) is 46.5 Å². The molecule has 142 valence electrons. The summed E-state index contributed by atoms with van der Waals surface area (Å²) in [7, 11) is 0. The minimum Gasteiger partial charge on any atom is -0.486 e. The summed E-state index contributed by atoms with van der Waals surface area (Å²) < 4.78 is 11.0. The Bertz CT molecular complexity index is 877. The van der Waals surface area contributed by atoms with E-state index in [1.807, 2.05) is 0 Å². The largest absolute Gasteiger partial charge is 0.486 e. The molecule has 27 heavy (non-hydrogen) atoms. The summed E-state index contributed by atoms with van der Waals surface area (Å²) >= 11 is 6.19. The summed E-state index contributed by atoms with van der Waals surface area (Å²) in [4.78, 5) is 23.6. The molecule has 0 saturated heterocycles. The van der Waals surface area contributed by atoms with E-state index in [1.54, 1.807) is 50.2 Å². The molecule has 1 amide bonds. The lowest BCUT2D eigenvalue weighted by molar-refractivity contribution is -0.142. The minimum absolute atomic E-state index is 0.124. The molecule has 1 aliphatic rings. The van der Waals surface area contributed by atoms with Crippen molar-refractivity contribution in [3.8, 4) is 11.5 Å². The zero-order valence-electron chi connectivity index (χ0n) is 15.0. The van der Waals surface area contributed by atoms with Gasteiger partial charge in [0.25, 0.3) is 0 Å². The fourth-order valence-corrected chi connectivity index (χ4v) is 3.04. The third-order valence-corrected chi connectivity index (χ3v) is 4.73. The van der Waals surface area contributed by atoms with Crippen molar-refractivity contribution in [2.24, 2.45) is 0 Å². The van der Waals surface area contributed by atoms with Gasteiger partial charge in [-0.05, 0) is 49.2 Å². The number of ether oxygens (including phenoxy) is 2. The Kier molecular flexibility index (Phi) is 5.28. The minimum atomic E-state index is -0.996. The van der Waals surface area contributed by atoms with Gasteiger partial charge in [0.15, 0.2) is 11.5 Å². The van der Waals surface area contributed by atoms with Crippen LogP contribution in [0.4, 0.5) is 5.69 Å². The number of hydrogen-bond donors (Lipinski definition) is 2. The molecule has 0 saturated carbocycles. The highest BCUT2D eigenvalue weighted by Crippen LogP contribution is 2.38. The van der Waals surface area contributed by atoms with Crippen LogP contribution in [0.15, 0.2) is 36.4 Å². The number of carbonyl (C=O) groups is 2. The van der Waals surface area contributed by atoms with E-state index in [0.717, 1.165) is 0 Å². The lowest BCUT2D eigenvalue weighted by Crippen LogP contribution is -2.28. The van der Waals surface area contributed by atoms with Crippen LogP contribution in [0.1, 0.15) is 25.0 Å². The van der Waals surface area contributed by atoms with Gasteiger partial charge in [-0.2, -0.15) is 0 Å². The molecule has 0 unspecified atom stereocenters. The zero-order chi connectivity index (χ0) is 19.6. The average molecular weight is 390 g/mol. The molecule has 0 aliphatic carbocycles. The van der Waals surface area contributed by atoms with E-state index in [1.165, 1.54) is 0 Å². The van der Waals surface area contributed by atoms with Gasteiger partial charge in [0.05, 0.1) is 16.9 Å². The summed E-state index contributed by atoms with van der Waals surface area (Å²) in [5.74, 6) is -0.0803. The second-order valence-corrected chi connectivity index (χ2v) is 7.24. The second-order valence-electron chi connectivity index (χ2n) is 6.83. The highest BCUT2D eigenvalue weighted by atomic mass is 35.5.